The molecule has 3 rings (SSSR count). The standard InChI is InChI=1S/C29H38ClN7/c1-6-9-18-37(22(5)28(21(4)31-8-3)36-26(30)14-7-2)19-13-12-17-27-32-20-25(33-27)29-34-23-15-10-11-16-24(23)35-29/h8,10-11,15-16,26,31,36H,3,5-6,9,12-13,17-20H2,1-2,4H3,(H,34,35)/b28-21+. The molecule has 1 aliphatic rings. The first-order valence-corrected chi connectivity index (χ1v) is 13.3. The van der Waals surface area contributed by atoms with Gasteiger partial charge in [-0.3, -0.25) is 4.99 Å². The van der Waals surface area contributed by atoms with Crippen LogP contribution in [0.4, 0.5) is 0 Å². The van der Waals surface area contributed by atoms with Crippen molar-refractivity contribution in [1.82, 2.24) is 25.5 Å². The van der Waals surface area contributed by atoms with E-state index in [1.54, 1.807) is 13.1 Å². The van der Waals surface area contributed by atoms with Gasteiger partial charge in [-0.1, -0.05) is 56.2 Å². The van der Waals surface area contributed by atoms with Gasteiger partial charge in [-0.2, -0.15) is 0 Å². The Morgan fingerprint density at radius 1 is 1.27 bits per heavy atom. The van der Waals surface area contributed by atoms with Gasteiger partial charge in [-0.05, 0) is 51.4 Å². The van der Waals surface area contributed by atoms with Crippen LogP contribution in [0.25, 0.3) is 11.0 Å². The third-order valence-corrected chi connectivity index (χ3v) is 6.32. The fraction of sp³-hybridized carbons (Fsp3) is 0.414. The molecule has 37 heavy (non-hydrogen) atoms. The van der Waals surface area contributed by atoms with Gasteiger partial charge in [0, 0.05) is 25.2 Å². The maximum absolute atomic E-state index is 6.39. The normalized spacial score (nSPS) is 14.2. The van der Waals surface area contributed by atoms with Crippen LogP contribution in [0, 0.1) is 11.8 Å². The number of para-hydroxylation sites is 2. The molecule has 1 aliphatic heterocycles. The van der Waals surface area contributed by atoms with Crippen LogP contribution in [0.15, 0.2) is 70.7 Å². The summed E-state index contributed by atoms with van der Waals surface area (Å²) in [5.74, 6) is 7.50. The van der Waals surface area contributed by atoms with E-state index >= 15 is 0 Å². The van der Waals surface area contributed by atoms with Gasteiger partial charge in [-0.25, -0.2) is 9.98 Å². The van der Waals surface area contributed by atoms with Crippen molar-refractivity contribution < 1.29 is 0 Å². The third-order valence-electron chi connectivity index (χ3n) is 6.10. The van der Waals surface area contributed by atoms with Gasteiger partial charge in [0.25, 0.3) is 0 Å². The summed E-state index contributed by atoms with van der Waals surface area (Å²) in [5, 5.41) is 6.46. The van der Waals surface area contributed by atoms with Crippen molar-refractivity contribution in [3.05, 3.63) is 66.5 Å². The molecule has 0 aliphatic carbocycles. The van der Waals surface area contributed by atoms with Crippen LogP contribution in [0.1, 0.15) is 58.7 Å². The van der Waals surface area contributed by atoms with Gasteiger partial charge in [0.05, 0.1) is 29.0 Å². The number of benzene rings is 1. The molecule has 0 radical (unpaired) electrons. The zero-order valence-electron chi connectivity index (χ0n) is 22.2. The molecular weight excluding hydrogens is 482 g/mol. The SMILES string of the molecule is C=CN/C(C)=C(/NC(Cl)C#CC)C(=C)N(CCCC)CCCCC1=NCC(c2nc3ccccc3[nH]2)=N1. The first-order valence-electron chi connectivity index (χ1n) is 12.9. The molecule has 8 heteroatoms. The lowest BCUT2D eigenvalue weighted by atomic mass is 10.1. The van der Waals surface area contributed by atoms with E-state index in [1.165, 1.54) is 0 Å². The average molecular weight is 520 g/mol. The van der Waals surface area contributed by atoms with Crippen molar-refractivity contribution in [2.75, 3.05) is 19.6 Å². The maximum Gasteiger partial charge on any atom is 0.164 e. The number of unbranched alkanes of at least 4 members (excludes halogenated alkanes) is 2. The molecule has 1 aromatic heterocycles. The van der Waals surface area contributed by atoms with E-state index in [9.17, 15) is 0 Å². The second-order valence-corrected chi connectivity index (χ2v) is 9.32. The van der Waals surface area contributed by atoms with Gasteiger partial charge < -0.3 is 20.5 Å². The molecule has 0 spiro atoms. The van der Waals surface area contributed by atoms with Gasteiger partial charge >= 0.3 is 0 Å². The number of halogens is 1. The first-order chi connectivity index (χ1) is 18.0. The quantitative estimate of drug-likeness (QED) is 0.0927. The number of fused-ring (bicyclic) bond motifs is 1. The Kier molecular flexibility index (Phi) is 10.8. The molecule has 3 N–H and O–H groups in total. The Bertz CT molecular complexity index is 1210. The molecule has 7 nitrogen and oxygen atoms in total. The predicted molar refractivity (Wildman–Crippen MR) is 157 cm³/mol. The minimum absolute atomic E-state index is 0.509. The second-order valence-electron chi connectivity index (χ2n) is 8.89. The number of nitrogens with one attached hydrogen (secondary N) is 3. The zero-order valence-corrected chi connectivity index (χ0v) is 23.0. The van der Waals surface area contributed by atoms with Gasteiger partial charge in [0.1, 0.15) is 11.5 Å². The van der Waals surface area contributed by atoms with E-state index < -0.39 is 5.50 Å². The Hall–Kier alpha value is -3.50. The molecule has 0 saturated carbocycles. The summed E-state index contributed by atoms with van der Waals surface area (Å²) in [5.41, 5.74) is 5.00. The molecule has 1 atom stereocenters. The number of H-pyrrole nitrogens is 1. The highest BCUT2D eigenvalue weighted by molar-refractivity contribution is 6.22. The number of alkyl halides is 1. The summed E-state index contributed by atoms with van der Waals surface area (Å²) in [6.07, 6.45) is 6.66. The lowest BCUT2D eigenvalue weighted by molar-refractivity contribution is 0.332. The highest BCUT2D eigenvalue weighted by atomic mass is 35.5. The minimum atomic E-state index is -0.509. The Morgan fingerprint density at radius 3 is 2.78 bits per heavy atom. The summed E-state index contributed by atoms with van der Waals surface area (Å²) < 4.78 is 0. The number of aliphatic imine (C=N–C) groups is 2. The van der Waals surface area contributed by atoms with E-state index in [0.717, 1.165) is 90.7 Å². The molecule has 196 valence electrons. The largest absolute Gasteiger partial charge is 0.370 e. The number of imidazole rings is 1. The fourth-order valence-corrected chi connectivity index (χ4v) is 4.36. The summed E-state index contributed by atoms with van der Waals surface area (Å²) in [7, 11) is 0. The van der Waals surface area contributed by atoms with Crippen LogP contribution < -0.4 is 10.6 Å². The predicted octanol–water partition coefficient (Wildman–Crippen LogP) is 5.69. The van der Waals surface area contributed by atoms with Gasteiger partial charge in [-0.15, -0.1) is 5.92 Å². The van der Waals surface area contributed by atoms with Crippen LogP contribution in [-0.2, 0) is 0 Å². The monoisotopic (exact) mass is 519 g/mol. The third kappa shape index (κ3) is 7.99. The minimum Gasteiger partial charge on any atom is -0.370 e. The van der Waals surface area contributed by atoms with E-state index in [2.05, 4.69) is 62.4 Å². The van der Waals surface area contributed by atoms with Crippen LogP contribution in [-0.4, -0.2) is 51.6 Å². The first kappa shape index (κ1) is 28.1. The second kappa shape index (κ2) is 14.3. The van der Waals surface area contributed by atoms with Crippen LogP contribution in [0.5, 0.6) is 0 Å². The van der Waals surface area contributed by atoms with Crippen molar-refractivity contribution >= 4 is 34.2 Å². The zero-order chi connectivity index (χ0) is 26.6. The Labute approximate surface area is 225 Å². The van der Waals surface area contributed by atoms with Crippen LogP contribution in [0.3, 0.4) is 0 Å². The van der Waals surface area contributed by atoms with E-state index in [0.29, 0.717) is 6.54 Å². The number of hydrogen-bond donors (Lipinski definition) is 3. The lowest BCUT2D eigenvalue weighted by Gasteiger charge is -2.30. The van der Waals surface area contributed by atoms with E-state index in [-0.39, 0.29) is 0 Å². The van der Waals surface area contributed by atoms with E-state index in [4.69, 9.17) is 16.6 Å². The van der Waals surface area contributed by atoms with Crippen LogP contribution >= 0.6 is 11.6 Å². The Balaban J connectivity index is 1.59. The molecule has 0 saturated heterocycles. The smallest absolute Gasteiger partial charge is 0.164 e. The van der Waals surface area contributed by atoms with Crippen molar-refractivity contribution in [3.8, 4) is 11.8 Å². The molecule has 0 bridgehead atoms. The molecule has 1 aromatic carbocycles. The number of amidine groups is 1. The number of allylic oxidation sites excluding steroid dienone is 1. The highest BCUT2D eigenvalue weighted by Crippen LogP contribution is 2.19. The maximum atomic E-state index is 6.39. The molecule has 2 aromatic rings. The summed E-state index contributed by atoms with van der Waals surface area (Å²) in [6.45, 7) is 16.5. The highest BCUT2D eigenvalue weighted by Gasteiger charge is 2.18. The summed E-state index contributed by atoms with van der Waals surface area (Å²) >= 11 is 6.39. The molecule has 2 heterocycles. The fourth-order valence-electron chi connectivity index (χ4n) is 4.14. The molecular formula is C29H38ClN7. The van der Waals surface area contributed by atoms with Gasteiger partial charge in [0.2, 0.25) is 0 Å². The van der Waals surface area contributed by atoms with Crippen molar-refractivity contribution in [1.29, 1.82) is 0 Å². The van der Waals surface area contributed by atoms with E-state index in [1.807, 2.05) is 31.2 Å². The molecule has 0 amide bonds. The summed E-state index contributed by atoms with van der Waals surface area (Å²) in [6, 6.07) is 8.01. The number of nitrogens with zero attached hydrogens (tertiary/aromatic N) is 4. The van der Waals surface area contributed by atoms with Gasteiger partial charge in [0.15, 0.2) is 11.3 Å². The topological polar surface area (TPSA) is 80.7 Å². The number of aromatic amines is 1. The van der Waals surface area contributed by atoms with Crippen molar-refractivity contribution in [2.24, 2.45) is 9.98 Å². The van der Waals surface area contributed by atoms with Crippen molar-refractivity contribution in [3.63, 3.8) is 0 Å². The van der Waals surface area contributed by atoms with Crippen molar-refractivity contribution in [2.45, 2.75) is 58.4 Å². The Morgan fingerprint density at radius 2 is 2.05 bits per heavy atom. The molecule has 0 fully saturated rings. The number of rotatable bonds is 15. The number of aromatic nitrogens is 2. The summed E-state index contributed by atoms with van der Waals surface area (Å²) in [4.78, 5) is 19.7. The average Bonchev–Trinajstić information content (AvgIpc) is 3.54. The lowest BCUT2D eigenvalue weighted by Crippen LogP contribution is -2.34. The van der Waals surface area contributed by atoms with Crippen LogP contribution in [0.2, 0.25) is 0 Å². The molecule has 1 unspecified atom stereocenters. The number of hydrogen-bond acceptors (Lipinski definition) is 6.